The van der Waals surface area contributed by atoms with Gasteiger partial charge in [0.05, 0.1) is 6.61 Å². The minimum Gasteiger partial charge on any atom is -0.468 e. The van der Waals surface area contributed by atoms with Crippen molar-refractivity contribution in [1.29, 1.82) is 0 Å². The number of methoxy groups -OCH3 is 1. The van der Waals surface area contributed by atoms with E-state index in [0.29, 0.717) is 56.3 Å². The lowest BCUT2D eigenvalue weighted by Gasteiger charge is -2.52. The minimum atomic E-state index is -0.896. The van der Waals surface area contributed by atoms with E-state index in [4.69, 9.17) is 19.7 Å². The third kappa shape index (κ3) is 3.65. The summed E-state index contributed by atoms with van der Waals surface area (Å²) in [4.78, 5) is 31.4. The third-order valence-corrected chi connectivity index (χ3v) is 5.87. The van der Waals surface area contributed by atoms with E-state index in [1.807, 2.05) is 31.2 Å². The molecule has 3 heterocycles. The second-order valence-electron chi connectivity index (χ2n) is 7.95. The van der Waals surface area contributed by atoms with Crippen LogP contribution >= 0.6 is 0 Å². The van der Waals surface area contributed by atoms with Gasteiger partial charge in [-0.1, -0.05) is 23.4 Å². The Morgan fingerprint density at radius 1 is 1.37 bits per heavy atom. The molecule has 1 aromatic heterocycles. The summed E-state index contributed by atoms with van der Waals surface area (Å²) in [5.74, 6) is -0.269. The first-order chi connectivity index (χ1) is 14.4. The molecule has 0 saturated carbocycles. The number of fused-ring (bicyclic) bond motifs is 4. The smallest absolute Gasteiger partial charge is 0.238 e. The molecule has 0 aliphatic carbocycles. The lowest BCUT2D eigenvalue weighted by Crippen LogP contribution is -2.64. The number of para-hydroxylation sites is 1. The van der Waals surface area contributed by atoms with Gasteiger partial charge in [0.25, 0.3) is 0 Å². The highest BCUT2D eigenvalue weighted by molar-refractivity contribution is 6.01. The fourth-order valence-corrected chi connectivity index (χ4v) is 4.45. The van der Waals surface area contributed by atoms with Crippen LogP contribution in [0.5, 0.6) is 5.75 Å². The minimum absolute atomic E-state index is 0.277. The third-order valence-electron chi connectivity index (χ3n) is 5.87. The normalized spacial score (nSPS) is 25.0. The highest BCUT2D eigenvalue weighted by atomic mass is 16.5. The average molecular weight is 414 g/mol. The molecule has 2 aliphatic heterocycles. The zero-order chi connectivity index (χ0) is 21.3. The number of aromatic nitrogens is 2. The van der Waals surface area contributed by atoms with Gasteiger partial charge in [-0.25, -0.2) is 0 Å². The maximum Gasteiger partial charge on any atom is 0.238 e. The predicted molar refractivity (Wildman–Crippen MR) is 105 cm³/mol. The van der Waals surface area contributed by atoms with Gasteiger partial charge in [0.2, 0.25) is 17.7 Å². The summed E-state index contributed by atoms with van der Waals surface area (Å²) in [7, 11) is 1.62. The number of carbonyl (C=O) groups is 2. The summed E-state index contributed by atoms with van der Waals surface area (Å²) >= 11 is 0. The predicted octanol–water partition coefficient (Wildman–Crippen LogP) is 1.42. The first-order valence-electron chi connectivity index (χ1n) is 10.1. The van der Waals surface area contributed by atoms with Crippen molar-refractivity contribution in [1.82, 2.24) is 15.0 Å². The van der Waals surface area contributed by atoms with Gasteiger partial charge in [0.1, 0.15) is 11.7 Å². The molecule has 1 saturated heterocycles. The Kier molecular flexibility index (Phi) is 5.46. The molecule has 1 aromatic carbocycles. The number of hydrogen-bond donors (Lipinski definition) is 1. The number of nitrogens with zero attached hydrogens (tertiary/aromatic N) is 3. The number of ether oxygens (including phenoxy) is 2. The molecular formula is C21H26N4O5. The molecule has 2 amide bonds. The topological polar surface area (TPSA) is 121 Å². The van der Waals surface area contributed by atoms with Gasteiger partial charge in [-0.2, -0.15) is 4.98 Å². The summed E-state index contributed by atoms with van der Waals surface area (Å²) in [5, 5.41) is 3.93. The van der Waals surface area contributed by atoms with Crippen LogP contribution in [0, 0.1) is 5.92 Å². The molecule has 4 rings (SSSR count). The molecule has 9 heteroatoms. The summed E-state index contributed by atoms with van der Waals surface area (Å²) < 4.78 is 16.5. The first-order valence-corrected chi connectivity index (χ1v) is 10.1. The lowest BCUT2D eigenvalue weighted by atomic mass is 9.73. The molecule has 30 heavy (non-hydrogen) atoms. The molecular weight excluding hydrogens is 388 g/mol. The van der Waals surface area contributed by atoms with Crippen molar-refractivity contribution in [3.63, 3.8) is 0 Å². The standard InChI is InChI=1S/C21H26N4O5/c1-21-12-14(13-6-3-4-7-15(13)29-21)18(19(22)26)20(27)25(21)10-5-8-17-23-16(24-30-17)9-11-28-2/h3-4,6-7,14,18H,5,8-12H2,1-2H3,(H2,22,26)/t14-,18+,21+/m0/s1. The van der Waals surface area contributed by atoms with Crippen molar-refractivity contribution < 1.29 is 23.6 Å². The second-order valence-corrected chi connectivity index (χ2v) is 7.95. The molecule has 1 fully saturated rings. The van der Waals surface area contributed by atoms with Crippen LogP contribution in [-0.2, 0) is 27.2 Å². The quantitative estimate of drug-likeness (QED) is 0.648. The van der Waals surface area contributed by atoms with E-state index in [-0.39, 0.29) is 11.8 Å². The van der Waals surface area contributed by atoms with Gasteiger partial charge in [-0.15, -0.1) is 0 Å². The van der Waals surface area contributed by atoms with Crippen LogP contribution < -0.4 is 10.5 Å². The number of rotatable bonds is 8. The highest BCUT2D eigenvalue weighted by Gasteiger charge is 2.55. The van der Waals surface area contributed by atoms with Crippen molar-refractivity contribution in [2.24, 2.45) is 11.7 Å². The molecule has 160 valence electrons. The number of primary amides is 1. The van der Waals surface area contributed by atoms with Gasteiger partial charge < -0.3 is 24.6 Å². The molecule has 0 unspecified atom stereocenters. The van der Waals surface area contributed by atoms with Crippen molar-refractivity contribution in [3.05, 3.63) is 41.5 Å². The second kappa shape index (κ2) is 8.06. The van der Waals surface area contributed by atoms with Crippen molar-refractivity contribution in [2.45, 2.75) is 44.2 Å². The zero-order valence-corrected chi connectivity index (χ0v) is 17.2. The monoisotopic (exact) mass is 414 g/mol. The van der Waals surface area contributed by atoms with E-state index in [1.54, 1.807) is 12.0 Å². The van der Waals surface area contributed by atoms with Crippen LogP contribution in [0.25, 0.3) is 0 Å². The number of aryl methyl sites for hydroxylation is 1. The highest BCUT2D eigenvalue weighted by Crippen LogP contribution is 2.49. The Morgan fingerprint density at radius 3 is 2.93 bits per heavy atom. The van der Waals surface area contributed by atoms with Crippen LogP contribution in [0.3, 0.4) is 0 Å². The molecule has 3 atom stereocenters. The molecule has 2 N–H and O–H groups in total. The number of hydrogen-bond acceptors (Lipinski definition) is 7. The number of likely N-dealkylation sites (tertiary alicyclic amines) is 1. The fourth-order valence-electron chi connectivity index (χ4n) is 4.45. The van der Waals surface area contributed by atoms with E-state index in [2.05, 4.69) is 10.1 Å². The van der Waals surface area contributed by atoms with E-state index in [9.17, 15) is 9.59 Å². The van der Waals surface area contributed by atoms with Gasteiger partial charge in [0, 0.05) is 38.8 Å². The molecule has 2 bridgehead atoms. The Labute approximate surface area is 174 Å². The maximum atomic E-state index is 13.2. The fraction of sp³-hybridized carbons (Fsp3) is 0.524. The summed E-state index contributed by atoms with van der Waals surface area (Å²) in [5.41, 5.74) is 5.68. The summed E-state index contributed by atoms with van der Waals surface area (Å²) in [6.45, 7) is 2.80. The zero-order valence-electron chi connectivity index (χ0n) is 17.2. The van der Waals surface area contributed by atoms with Crippen LogP contribution in [0.2, 0.25) is 0 Å². The van der Waals surface area contributed by atoms with Gasteiger partial charge in [-0.3, -0.25) is 9.59 Å². The number of amides is 2. The average Bonchev–Trinajstić information content (AvgIpc) is 3.16. The summed E-state index contributed by atoms with van der Waals surface area (Å²) in [6.07, 6.45) is 2.21. The van der Waals surface area contributed by atoms with Gasteiger partial charge in [0.15, 0.2) is 11.5 Å². The number of piperidine rings is 1. The SMILES string of the molecule is COCCc1noc(CCCN2C(=O)[C@@H](C(N)=O)[C@H]3C[C@@]2(C)Oc2ccccc23)n1. The number of nitrogens with two attached hydrogens (primary N) is 1. The molecule has 0 radical (unpaired) electrons. The number of benzene rings is 1. The Morgan fingerprint density at radius 2 is 2.17 bits per heavy atom. The molecule has 0 spiro atoms. The Balaban J connectivity index is 1.50. The van der Waals surface area contributed by atoms with Crippen LogP contribution in [0.4, 0.5) is 0 Å². The number of carbonyl (C=O) groups excluding carboxylic acids is 2. The van der Waals surface area contributed by atoms with Crippen LogP contribution in [0.1, 0.15) is 43.0 Å². The van der Waals surface area contributed by atoms with Gasteiger partial charge >= 0.3 is 0 Å². The van der Waals surface area contributed by atoms with E-state index in [0.717, 1.165) is 5.56 Å². The van der Waals surface area contributed by atoms with E-state index >= 15 is 0 Å². The van der Waals surface area contributed by atoms with Crippen molar-refractivity contribution in [3.8, 4) is 5.75 Å². The molecule has 9 nitrogen and oxygen atoms in total. The first kappa shape index (κ1) is 20.3. The summed E-state index contributed by atoms with van der Waals surface area (Å²) in [6, 6.07) is 7.53. The Hall–Kier alpha value is -2.94. The van der Waals surface area contributed by atoms with E-state index < -0.39 is 17.6 Å². The van der Waals surface area contributed by atoms with Gasteiger partial charge in [-0.05, 0) is 25.0 Å². The maximum absolute atomic E-state index is 13.2. The lowest BCUT2D eigenvalue weighted by molar-refractivity contribution is -0.175. The van der Waals surface area contributed by atoms with Crippen LogP contribution in [-0.4, -0.2) is 52.8 Å². The van der Waals surface area contributed by atoms with Crippen LogP contribution in [0.15, 0.2) is 28.8 Å². The molecule has 2 aliphatic rings. The Bertz CT molecular complexity index is 945. The largest absolute Gasteiger partial charge is 0.468 e. The van der Waals surface area contributed by atoms with Crippen molar-refractivity contribution >= 4 is 11.8 Å². The molecule has 2 aromatic rings. The van der Waals surface area contributed by atoms with Crippen molar-refractivity contribution in [2.75, 3.05) is 20.3 Å². The van der Waals surface area contributed by atoms with E-state index in [1.165, 1.54) is 0 Å².